The van der Waals surface area contributed by atoms with Gasteiger partial charge in [-0.2, -0.15) is 0 Å². The van der Waals surface area contributed by atoms with Crippen molar-refractivity contribution < 1.29 is 23.9 Å². The van der Waals surface area contributed by atoms with E-state index in [-0.39, 0.29) is 30.2 Å². The van der Waals surface area contributed by atoms with Gasteiger partial charge in [-0.25, -0.2) is 0 Å². The maximum absolute atomic E-state index is 12.9. The van der Waals surface area contributed by atoms with Crippen molar-refractivity contribution in [3.8, 4) is 11.5 Å². The van der Waals surface area contributed by atoms with Gasteiger partial charge >= 0.3 is 0 Å². The highest BCUT2D eigenvalue weighted by Crippen LogP contribution is 2.35. The highest BCUT2D eigenvalue weighted by Gasteiger charge is 2.35. The normalized spacial score (nSPS) is 14.3. The van der Waals surface area contributed by atoms with Crippen molar-refractivity contribution in [3.63, 3.8) is 0 Å². The number of anilines is 1. The van der Waals surface area contributed by atoms with Crippen molar-refractivity contribution in [2.24, 2.45) is 0 Å². The van der Waals surface area contributed by atoms with E-state index in [1.165, 1.54) is 12.0 Å². The lowest BCUT2D eigenvalue weighted by atomic mass is 10.1. The molecule has 7 nitrogen and oxygen atoms in total. The second-order valence-corrected chi connectivity index (χ2v) is 9.31. The molecule has 1 heterocycles. The first-order chi connectivity index (χ1) is 17.3. The average molecular weight is 503 g/mol. The summed E-state index contributed by atoms with van der Waals surface area (Å²) in [6.45, 7) is 3.93. The number of methoxy groups -OCH3 is 1. The molecular formula is C28H26N2O5S. The fraction of sp³-hybridized carbons (Fsp3) is 0.179. The quantitative estimate of drug-likeness (QED) is 0.406. The van der Waals surface area contributed by atoms with Crippen LogP contribution in [-0.4, -0.2) is 35.7 Å². The van der Waals surface area contributed by atoms with Crippen LogP contribution in [0.25, 0.3) is 6.08 Å². The van der Waals surface area contributed by atoms with E-state index in [4.69, 9.17) is 9.47 Å². The largest absolute Gasteiger partial charge is 0.493 e. The van der Waals surface area contributed by atoms with E-state index in [2.05, 4.69) is 5.32 Å². The van der Waals surface area contributed by atoms with Gasteiger partial charge in [0.25, 0.3) is 17.1 Å². The highest BCUT2D eigenvalue weighted by atomic mass is 32.2. The molecule has 1 fully saturated rings. The Morgan fingerprint density at radius 1 is 1.00 bits per heavy atom. The number of hydrogen-bond donors (Lipinski definition) is 1. The predicted octanol–water partition coefficient (Wildman–Crippen LogP) is 5.57. The Labute approximate surface area is 214 Å². The third-order valence-corrected chi connectivity index (χ3v) is 6.51. The van der Waals surface area contributed by atoms with Gasteiger partial charge in [-0.15, -0.1) is 0 Å². The number of carbonyl (C=O) groups excluding carboxylic acids is 3. The molecule has 1 N–H and O–H groups in total. The number of benzene rings is 3. The summed E-state index contributed by atoms with van der Waals surface area (Å²) >= 11 is 0.906. The smallest absolute Gasteiger partial charge is 0.293 e. The van der Waals surface area contributed by atoms with E-state index in [9.17, 15) is 14.4 Å². The predicted molar refractivity (Wildman–Crippen MR) is 141 cm³/mol. The third-order valence-electron chi connectivity index (χ3n) is 5.60. The van der Waals surface area contributed by atoms with Crippen LogP contribution in [0, 0.1) is 13.8 Å². The van der Waals surface area contributed by atoms with Gasteiger partial charge in [0.05, 0.1) is 18.6 Å². The molecule has 36 heavy (non-hydrogen) atoms. The van der Waals surface area contributed by atoms with E-state index in [0.717, 1.165) is 34.1 Å². The molecule has 0 aliphatic carbocycles. The maximum Gasteiger partial charge on any atom is 0.293 e. The summed E-state index contributed by atoms with van der Waals surface area (Å²) in [6.07, 6.45) is 1.65. The number of amides is 3. The first kappa shape index (κ1) is 25.1. The lowest BCUT2D eigenvalue weighted by Crippen LogP contribution is -2.27. The number of para-hydroxylation sites is 1. The zero-order valence-corrected chi connectivity index (χ0v) is 21.1. The van der Waals surface area contributed by atoms with Gasteiger partial charge in [0.15, 0.2) is 18.1 Å². The summed E-state index contributed by atoms with van der Waals surface area (Å²) < 4.78 is 11.1. The number of carbonyl (C=O) groups is 3. The van der Waals surface area contributed by atoms with E-state index in [0.29, 0.717) is 22.0 Å². The van der Waals surface area contributed by atoms with E-state index < -0.39 is 0 Å². The zero-order valence-electron chi connectivity index (χ0n) is 20.2. The SMILES string of the molecule is COc1cc(/C=C2\SC(=O)N(Cc3ccc(C)cc3)C2=O)ccc1OCC(=O)Nc1ccccc1C. The van der Waals surface area contributed by atoms with E-state index in [1.807, 2.05) is 62.4 Å². The number of aryl methyl sites for hydroxylation is 2. The molecule has 1 saturated heterocycles. The summed E-state index contributed by atoms with van der Waals surface area (Å²) in [5.74, 6) is 0.170. The van der Waals surface area contributed by atoms with Gasteiger partial charge < -0.3 is 14.8 Å². The molecule has 0 aromatic heterocycles. The number of nitrogens with zero attached hydrogens (tertiary/aromatic N) is 1. The molecule has 4 rings (SSSR count). The summed E-state index contributed by atoms with van der Waals surface area (Å²) in [7, 11) is 1.49. The summed E-state index contributed by atoms with van der Waals surface area (Å²) in [6, 6.07) is 20.3. The summed E-state index contributed by atoms with van der Waals surface area (Å²) in [5, 5.41) is 2.51. The Morgan fingerprint density at radius 2 is 1.75 bits per heavy atom. The first-order valence-corrected chi connectivity index (χ1v) is 12.1. The van der Waals surface area contributed by atoms with Crippen LogP contribution in [0.2, 0.25) is 0 Å². The van der Waals surface area contributed by atoms with Gasteiger partial charge in [-0.05, 0) is 66.6 Å². The van der Waals surface area contributed by atoms with E-state index in [1.54, 1.807) is 24.3 Å². The van der Waals surface area contributed by atoms with Crippen LogP contribution in [0.4, 0.5) is 10.5 Å². The van der Waals surface area contributed by atoms with Gasteiger partial charge in [-0.3, -0.25) is 19.3 Å². The molecule has 0 atom stereocenters. The van der Waals surface area contributed by atoms with Crippen LogP contribution < -0.4 is 14.8 Å². The van der Waals surface area contributed by atoms with Crippen LogP contribution in [0.5, 0.6) is 11.5 Å². The second kappa shape index (κ2) is 11.1. The van der Waals surface area contributed by atoms with Crippen molar-refractivity contribution >= 4 is 40.6 Å². The fourth-order valence-electron chi connectivity index (χ4n) is 3.60. The lowest BCUT2D eigenvalue weighted by Gasteiger charge is -2.13. The molecule has 8 heteroatoms. The highest BCUT2D eigenvalue weighted by molar-refractivity contribution is 8.18. The Bertz CT molecular complexity index is 1330. The molecule has 1 aliphatic heterocycles. The average Bonchev–Trinajstić information content (AvgIpc) is 3.13. The van der Waals surface area contributed by atoms with Crippen molar-refractivity contribution in [1.29, 1.82) is 0 Å². The number of imide groups is 1. The topological polar surface area (TPSA) is 84.9 Å². The zero-order chi connectivity index (χ0) is 25.7. The Kier molecular flexibility index (Phi) is 7.75. The number of nitrogens with one attached hydrogen (secondary N) is 1. The molecule has 184 valence electrons. The van der Waals surface area contributed by atoms with Crippen LogP contribution in [-0.2, 0) is 16.1 Å². The minimum absolute atomic E-state index is 0.193. The van der Waals surface area contributed by atoms with Crippen LogP contribution >= 0.6 is 11.8 Å². The van der Waals surface area contributed by atoms with Gasteiger partial charge in [0.1, 0.15) is 0 Å². The fourth-order valence-corrected chi connectivity index (χ4v) is 4.44. The van der Waals surface area contributed by atoms with E-state index >= 15 is 0 Å². The molecule has 0 radical (unpaired) electrons. The van der Waals surface area contributed by atoms with Crippen molar-refractivity contribution in [3.05, 3.63) is 93.9 Å². The molecular weight excluding hydrogens is 476 g/mol. The number of hydrogen-bond acceptors (Lipinski definition) is 6. The minimum Gasteiger partial charge on any atom is -0.493 e. The molecule has 0 saturated carbocycles. The summed E-state index contributed by atoms with van der Waals surface area (Å²) in [5.41, 5.74) is 4.35. The van der Waals surface area contributed by atoms with Crippen molar-refractivity contribution in [2.75, 3.05) is 19.0 Å². The van der Waals surface area contributed by atoms with Gasteiger partial charge in [0, 0.05) is 5.69 Å². The Balaban J connectivity index is 1.42. The molecule has 0 bridgehead atoms. The standard InChI is InChI=1S/C28H26N2O5S/c1-18-8-10-20(11-9-18)16-30-27(32)25(36-28(30)33)15-21-12-13-23(24(14-21)34-3)35-17-26(31)29-22-7-5-4-6-19(22)2/h4-15H,16-17H2,1-3H3,(H,29,31)/b25-15-. The van der Waals surface area contributed by atoms with Crippen LogP contribution in [0.3, 0.4) is 0 Å². The Hall–Kier alpha value is -4.04. The number of ether oxygens (including phenoxy) is 2. The van der Waals surface area contributed by atoms with Gasteiger partial charge in [0.2, 0.25) is 0 Å². The summed E-state index contributed by atoms with van der Waals surface area (Å²) in [4.78, 5) is 39.2. The second-order valence-electron chi connectivity index (χ2n) is 8.32. The Morgan fingerprint density at radius 3 is 2.47 bits per heavy atom. The number of thioether (sulfide) groups is 1. The van der Waals surface area contributed by atoms with Crippen LogP contribution in [0.15, 0.2) is 71.6 Å². The molecule has 3 aromatic carbocycles. The molecule has 0 unspecified atom stereocenters. The molecule has 3 aromatic rings. The molecule has 0 spiro atoms. The number of rotatable bonds is 8. The van der Waals surface area contributed by atoms with Crippen LogP contribution in [0.1, 0.15) is 22.3 Å². The molecule has 1 aliphatic rings. The van der Waals surface area contributed by atoms with Crippen molar-refractivity contribution in [1.82, 2.24) is 4.90 Å². The third kappa shape index (κ3) is 5.95. The van der Waals surface area contributed by atoms with Crippen molar-refractivity contribution in [2.45, 2.75) is 20.4 Å². The first-order valence-electron chi connectivity index (χ1n) is 11.3. The lowest BCUT2D eigenvalue weighted by molar-refractivity contribution is -0.123. The minimum atomic E-state index is -0.335. The monoisotopic (exact) mass is 502 g/mol. The maximum atomic E-state index is 12.9. The van der Waals surface area contributed by atoms with Gasteiger partial charge in [-0.1, -0.05) is 54.1 Å². The molecule has 3 amide bonds.